The molecule has 1 aliphatic carbocycles. The number of carboxylic acid groups (broad SMARTS) is 1. The number of hydrogen-bond donors (Lipinski definition) is 0. The zero-order chi connectivity index (χ0) is 21.1. The highest BCUT2D eigenvalue weighted by Gasteiger charge is 2.22. The van der Waals surface area contributed by atoms with E-state index in [2.05, 4.69) is 36.2 Å². The third-order valence-corrected chi connectivity index (χ3v) is 5.50. The van der Waals surface area contributed by atoms with Gasteiger partial charge < -0.3 is 14.6 Å². The molecule has 3 aromatic rings. The van der Waals surface area contributed by atoms with E-state index in [0.717, 1.165) is 47.3 Å². The summed E-state index contributed by atoms with van der Waals surface area (Å²) in [5, 5.41) is 11.9. The van der Waals surface area contributed by atoms with Gasteiger partial charge in [-0.3, -0.25) is 0 Å². The first-order valence-corrected chi connectivity index (χ1v) is 10.3. The standard InChI is InChI=1S/C25H22ClNO3/c1-16-8-10-17(11-9-16)15-30-24-13-12-18(26)14-21(24)19-4-2-5-20(19)22-6-3-7-23(27-22)25(28)29/h3,6-14H,2,4-5,15H2,1H3,(H,28,29)/p-1. The van der Waals surface area contributed by atoms with Gasteiger partial charge in [-0.1, -0.05) is 47.5 Å². The number of pyridine rings is 1. The largest absolute Gasteiger partial charge is 0.543 e. The van der Waals surface area contributed by atoms with Gasteiger partial charge >= 0.3 is 0 Å². The minimum atomic E-state index is -1.28. The lowest BCUT2D eigenvalue weighted by molar-refractivity contribution is -0.255. The SMILES string of the molecule is Cc1ccc(COc2ccc(Cl)cc2C2=C(c3cccc(C(=O)[O-])n3)CCC2)cc1. The second-order valence-corrected chi connectivity index (χ2v) is 7.86. The van der Waals surface area contributed by atoms with Crippen molar-refractivity contribution in [2.45, 2.75) is 32.8 Å². The summed E-state index contributed by atoms with van der Waals surface area (Å²) in [5.74, 6) is -0.521. The lowest BCUT2D eigenvalue weighted by Gasteiger charge is -2.15. The molecule has 2 aromatic carbocycles. The Hall–Kier alpha value is -3.11. The van der Waals surface area contributed by atoms with Gasteiger partial charge in [0.1, 0.15) is 12.4 Å². The van der Waals surface area contributed by atoms with Crippen LogP contribution < -0.4 is 9.84 Å². The first-order chi connectivity index (χ1) is 14.5. The molecule has 0 spiro atoms. The molecule has 4 rings (SSSR count). The molecule has 0 fully saturated rings. The Labute approximate surface area is 180 Å². The van der Waals surface area contributed by atoms with Gasteiger partial charge in [0.05, 0.1) is 17.4 Å². The maximum atomic E-state index is 11.2. The smallest absolute Gasteiger partial charge is 0.127 e. The molecule has 0 bridgehead atoms. The van der Waals surface area contributed by atoms with Crippen molar-refractivity contribution in [3.63, 3.8) is 0 Å². The van der Waals surface area contributed by atoms with E-state index in [-0.39, 0.29) is 5.69 Å². The zero-order valence-corrected chi connectivity index (χ0v) is 17.4. The van der Waals surface area contributed by atoms with E-state index >= 15 is 0 Å². The summed E-state index contributed by atoms with van der Waals surface area (Å²) in [4.78, 5) is 15.5. The minimum Gasteiger partial charge on any atom is -0.543 e. The maximum Gasteiger partial charge on any atom is 0.127 e. The van der Waals surface area contributed by atoms with Crippen LogP contribution in [0.5, 0.6) is 5.75 Å². The number of rotatable bonds is 6. The number of carbonyl (C=O) groups excluding carboxylic acids is 1. The average molecular weight is 419 g/mol. The van der Waals surface area contributed by atoms with Crippen LogP contribution in [0.1, 0.15) is 52.1 Å². The van der Waals surface area contributed by atoms with Gasteiger partial charge in [-0.25, -0.2) is 4.98 Å². The number of carboxylic acids is 1. The first kappa shape index (κ1) is 20.2. The topological polar surface area (TPSA) is 62.2 Å². The molecular weight excluding hydrogens is 398 g/mol. The molecule has 0 aliphatic heterocycles. The molecule has 0 radical (unpaired) electrons. The number of aryl methyl sites for hydroxylation is 1. The number of aromatic nitrogens is 1. The number of carbonyl (C=O) groups is 1. The second kappa shape index (κ2) is 8.72. The molecule has 0 unspecified atom stereocenters. The van der Waals surface area contributed by atoms with Crippen molar-refractivity contribution in [3.05, 3.63) is 93.8 Å². The minimum absolute atomic E-state index is 0.0619. The number of nitrogens with zero attached hydrogens (tertiary/aromatic N) is 1. The van der Waals surface area contributed by atoms with Gasteiger partial charge in [-0.2, -0.15) is 0 Å². The van der Waals surface area contributed by atoms with Crippen molar-refractivity contribution < 1.29 is 14.6 Å². The number of benzene rings is 2. The normalized spacial score (nSPS) is 13.5. The fraction of sp³-hybridized carbons (Fsp3) is 0.200. The van der Waals surface area contributed by atoms with E-state index in [4.69, 9.17) is 16.3 Å². The van der Waals surface area contributed by atoms with Crippen LogP contribution in [0.2, 0.25) is 5.02 Å². The number of aromatic carboxylic acids is 1. The third-order valence-electron chi connectivity index (χ3n) is 5.27. The fourth-order valence-corrected chi connectivity index (χ4v) is 3.92. The van der Waals surface area contributed by atoms with Crippen LogP contribution >= 0.6 is 11.6 Å². The molecule has 0 saturated carbocycles. The lowest BCUT2D eigenvalue weighted by atomic mass is 9.99. The summed E-state index contributed by atoms with van der Waals surface area (Å²) in [6.07, 6.45) is 2.64. The van der Waals surface area contributed by atoms with Crippen LogP contribution in [-0.2, 0) is 6.61 Å². The molecule has 0 amide bonds. The van der Waals surface area contributed by atoms with Gasteiger partial charge in [0.15, 0.2) is 0 Å². The Morgan fingerprint density at radius 1 is 1.07 bits per heavy atom. The molecule has 30 heavy (non-hydrogen) atoms. The van der Waals surface area contributed by atoms with E-state index in [1.807, 2.05) is 24.3 Å². The predicted octanol–water partition coefficient (Wildman–Crippen LogP) is 5.08. The van der Waals surface area contributed by atoms with Gasteiger partial charge in [0, 0.05) is 10.6 Å². The monoisotopic (exact) mass is 418 g/mol. The first-order valence-electron chi connectivity index (χ1n) is 9.90. The second-order valence-electron chi connectivity index (χ2n) is 7.42. The highest BCUT2D eigenvalue weighted by atomic mass is 35.5. The van der Waals surface area contributed by atoms with Crippen LogP contribution in [0, 0.1) is 6.92 Å². The maximum absolute atomic E-state index is 11.2. The Morgan fingerprint density at radius 2 is 1.83 bits per heavy atom. The summed E-state index contributed by atoms with van der Waals surface area (Å²) in [7, 11) is 0. The third kappa shape index (κ3) is 4.39. The van der Waals surface area contributed by atoms with Crippen LogP contribution in [-0.4, -0.2) is 11.0 Å². The Morgan fingerprint density at radius 3 is 2.60 bits per heavy atom. The summed E-state index contributed by atoms with van der Waals surface area (Å²) in [6.45, 7) is 2.51. The Bertz CT molecular complexity index is 1120. The van der Waals surface area contributed by atoms with Gasteiger partial charge in [-0.05, 0) is 73.2 Å². The Balaban J connectivity index is 1.70. The summed E-state index contributed by atoms with van der Waals surface area (Å²) < 4.78 is 6.16. The zero-order valence-electron chi connectivity index (χ0n) is 16.7. The molecule has 152 valence electrons. The molecule has 0 atom stereocenters. The van der Waals surface area contributed by atoms with Crippen molar-refractivity contribution in [1.29, 1.82) is 0 Å². The highest BCUT2D eigenvalue weighted by molar-refractivity contribution is 6.30. The molecule has 5 heteroatoms. The van der Waals surface area contributed by atoms with E-state index in [1.165, 1.54) is 11.6 Å². The van der Waals surface area contributed by atoms with Gasteiger partial charge in [0.2, 0.25) is 0 Å². The highest BCUT2D eigenvalue weighted by Crippen LogP contribution is 2.43. The van der Waals surface area contributed by atoms with Crippen LogP contribution in [0.15, 0.2) is 60.7 Å². The molecule has 1 heterocycles. The molecule has 0 saturated heterocycles. The fourth-order valence-electron chi connectivity index (χ4n) is 3.75. The predicted molar refractivity (Wildman–Crippen MR) is 116 cm³/mol. The molecule has 1 aromatic heterocycles. The molecule has 1 aliphatic rings. The quantitative estimate of drug-likeness (QED) is 0.560. The molecular formula is C25H21ClNO3-. The summed E-state index contributed by atoms with van der Waals surface area (Å²) >= 11 is 6.31. The van der Waals surface area contributed by atoms with E-state index in [0.29, 0.717) is 17.3 Å². The number of halogens is 1. The molecule has 0 N–H and O–H groups in total. The van der Waals surface area contributed by atoms with E-state index in [1.54, 1.807) is 6.07 Å². The van der Waals surface area contributed by atoms with E-state index < -0.39 is 5.97 Å². The van der Waals surface area contributed by atoms with Crippen molar-refractivity contribution in [1.82, 2.24) is 4.98 Å². The van der Waals surface area contributed by atoms with Gasteiger partial charge in [-0.15, -0.1) is 0 Å². The summed E-state index contributed by atoms with van der Waals surface area (Å²) in [6, 6.07) is 18.8. The lowest BCUT2D eigenvalue weighted by Crippen LogP contribution is -2.23. The van der Waals surface area contributed by atoms with Crippen molar-refractivity contribution in [2.75, 3.05) is 0 Å². The van der Waals surface area contributed by atoms with Crippen LogP contribution in [0.25, 0.3) is 11.1 Å². The van der Waals surface area contributed by atoms with Crippen molar-refractivity contribution in [3.8, 4) is 5.75 Å². The van der Waals surface area contributed by atoms with E-state index in [9.17, 15) is 9.90 Å². The van der Waals surface area contributed by atoms with Gasteiger partial charge in [0.25, 0.3) is 0 Å². The Kier molecular flexibility index (Phi) is 5.86. The van der Waals surface area contributed by atoms with Crippen LogP contribution in [0.4, 0.5) is 0 Å². The number of ether oxygens (including phenoxy) is 1. The van der Waals surface area contributed by atoms with Crippen LogP contribution in [0.3, 0.4) is 0 Å². The molecule has 4 nitrogen and oxygen atoms in total. The van der Waals surface area contributed by atoms with Crippen molar-refractivity contribution in [2.24, 2.45) is 0 Å². The number of allylic oxidation sites excluding steroid dienone is 2. The average Bonchev–Trinajstić information content (AvgIpc) is 3.24. The van der Waals surface area contributed by atoms with Crippen molar-refractivity contribution >= 4 is 28.7 Å². The summed E-state index contributed by atoms with van der Waals surface area (Å²) in [5.41, 5.74) is 5.95. The number of hydrogen-bond acceptors (Lipinski definition) is 4.